The SMILES string of the molecule is CCS(=O)(=O)[C@@H](Br)[C@@H](O)c1cccc(F)c1. The summed E-state index contributed by atoms with van der Waals surface area (Å²) < 4.78 is 34.8. The van der Waals surface area contributed by atoms with Gasteiger partial charge < -0.3 is 5.11 Å². The highest BCUT2D eigenvalue weighted by Gasteiger charge is 2.29. The van der Waals surface area contributed by atoms with Crippen molar-refractivity contribution in [3.63, 3.8) is 0 Å². The van der Waals surface area contributed by atoms with Crippen LogP contribution in [-0.2, 0) is 9.84 Å². The molecule has 6 heteroatoms. The molecule has 3 nitrogen and oxygen atoms in total. The average molecular weight is 311 g/mol. The number of alkyl halides is 1. The van der Waals surface area contributed by atoms with Crippen LogP contribution in [-0.4, -0.2) is 23.4 Å². The number of sulfone groups is 1. The van der Waals surface area contributed by atoms with Crippen molar-refractivity contribution in [3.8, 4) is 0 Å². The Kier molecular flexibility index (Phi) is 4.46. The lowest BCUT2D eigenvalue weighted by Gasteiger charge is -2.17. The van der Waals surface area contributed by atoms with Gasteiger partial charge in [0.1, 0.15) is 16.1 Å². The van der Waals surface area contributed by atoms with Crippen molar-refractivity contribution in [2.24, 2.45) is 0 Å². The average Bonchev–Trinajstić information content (AvgIpc) is 2.27. The van der Waals surface area contributed by atoms with Crippen LogP contribution in [0.5, 0.6) is 0 Å². The summed E-state index contributed by atoms with van der Waals surface area (Å²) in [6, 6.07) is 5.25. The third-order valence-electron chi connectivity index (χ3n) is 2.18. The number of aliphatic hydroxyl groups excluding tert-OH is 1. The summed E-state index contributed by atoms with van der Waals surface area (Å²) >= 11 is 2.93. The number of hydrogen-bond acceptors (Lipinski definition) is 3. The maximum absolute atomic E-state index is 12.9. The summed E-state index contributed by atoms with van der Waals surface area (Å²) in [5.74, 6) is -0.597. The molecule has 16 heavy (non-hydrogen) atoms. The first-order chi connectivity index (χ1) is 7.38. The second kappa shape index (κ2) is 5.25. The molecule has 2 atom stereocenters. The smallest absolute Gasteiger partial charge is 0.165 e. The fraction of sp³-hybridized carbons (Fsp3) is 0.400. The van der Waals surface area contributed by atoms with E-state index in [0.29, 0.717) is 0 Å². The van der Waals surface area contributed by atoms with Crippen molar-refractivity contribution in [1.82, 2.24) is 0 Å². The molecule has 0 unspecified atom stereocenters. The van der Waals surface area contributed by atoms with Gasteiger partial charge in [-0.1, -0.05) is 35.0 Å². The minimum atomic E-state index is -3.41. The molecule has 0 amide bonds. The molecule has 0 spiro atoms. The van der Waals surface area contributed by atoms with Gasteiger partial charge in [-0.25, -0.2) is 12.8 Å². The van der Waals surface area contributed by atoms with Crippen molar-refractivity contribution < 1.29 is 17.9 Å². The maximum atomic E-state index is 12.9. The Morgan fingerprint density at radius 1 is 1.50 bits per heavy atom. The van der Waals surface area contributed by atoms with E-state index in [1.165, 1.54) is 25.1 Å². The number of hydrogen-bond donors (Lipinski definition) is 1. The Balaban J connectivity index is 2.99. The van der Waals surface area contributed by atoms with Gasteiger partial charge in [-0.05, 0) is 17.7 Å². The molecule has 1 rings (SSSR count). The predicted molar refractivity (Wildman–Crippen MR) is 63.5 cm³/mol. The fourth-order valence-electron chi connectivity index (χ4n) is 1.20. The topological polar surface area (TPSA) is 54.4 Å². The first-order valence-electron chi connectivity index (χ1n) is 4.67. The summed E-state index contributed by atoms with van der Waals surface area (Å²) in [5.41, 5.74) is 0.235. The lowest BCUT2D eigenvalue weighted by atomic mass is 10.1. The predicted octanol–water partition coefficient (Wildman–Crippen LogP) is 2.01. The molecule has 1 N–H and O–H groups in total. The molecule has 1 aromatic rings. The number of benzene rings is 1. The van der Waals surface area contributed by atoms with Crippen LogP contribution < -0.4 is 0 Å². The van der Waals surface area contributed by atoms with Gasteiger partial charge in [-0.15, -0.1) is 0 Å². The molecule has 0 radical (unpaired) electrons. The van der Waals surface area contributed by atoms with Gasteiger partial charge in [-0.3, -0.25) is 0 Å². The van der Waals surface area contributed by atoms with Gasteiger partial charge in [-0.2, -0.15) is 0 Å². The van der Waals surface area contributed by atoms with E-state index < -0.39 is 25.9 Å². The Labute approximate surface area is 102 Å². The zero-order valence-electron chi connectivity index (χ0n) is 8.60. The molecule has 0 heterocycles. The van der Waals surface area contributed by atoms with Crippen LogP contribution in [0.15, 0.2) is 24.3 Å². The van der Waals surface area contributed by atoms with Gasteiger partial charge in [0.15, 0.2) is 9.84 Å². The quantitative estimate of drug-likeness (QED) is 0.866. The molecule has 1 aromatic carbocycles. The van der Waals surface area contributed by atoms with Gasteiger partial charge in [0.2, 0.25) is 0 Å². The summed E-state index contributed by atoms with van der Waals surface area (Å²) in [5, 5.41) is 9.79. The first-order valence-corrected chi connectivity index (χ1v) is 7.30. The standard InChI is InChI=1S/C10H12BrFO3S/c1-2-16(14,15)10(11)9(13)7-4-3-5-8(12)6-7/h3-6,9-10,13H,2H2,1H3/t9-,10+/m0/s1. The number of aliphatic hydroxyl groups is 1. The largest absolute Gasteiger partial charge is 0.386 e. The fourth-order valence-corrected chi connectivity index (χ4v) is 3.16. The van der Waals surface area contributed by atoms with Crippen LogP contribution in [0.25, 0.3) is 0 Å². The number of halogens is 2. The second-order valence-electron chi connectivity index (χ2n) is 3.30. The van der Waals surface area contributed by atoms with Crippen LogP contribution in [0, 0.1) is 5.82 Å². The zero-order valence-corrected chi connectivity index (χ0v) is 11.0. The summed E-state index contributed by atoms with van der Waals surface area (Å²) in [4.78, 5) is 0. The van der Waals surface area contributed by atoms with Crippen molar-refractivity contribution in [3.05, 3.63) is 35.6 Å². The molecular formula is C10H12BrFO3S. The minimum Gasteiger partial charge on any atom is -0.386 e. The highest BCUT2D eigenvalue weighted by molar-refractivity contribution is 9.11. The van der Waals surface area contributed by atoms with E-state index in [4.69, 9.17) is 0 Å². The third-order valence-corrected chi connectivity index (χ3v) is 6.14. The molecular weight excluding hydrogens is 299 g/mol. The van der Waals surface area contributed by atoms with Crippen LogP contribution >= 0.6 is 15.9 Å². The van der Waals surface area contributed by atoms with E-state index in [1.54, 1.807) is 0 Å². The zero-order chi connectivity index (χ0) is 12.3. The first kappa shape index (κ1) is 13.6. The lowest BCUT2D eigenvalue weighted by Crippen LogP contribution is -2.24. The van der Waals surface area contributed by atoms with Crippen molar-refractivity contribution >= 4 is 25.8 Å². The van der Waals surface area contributed by atoms with Gasteiger partial charge in [0, 0.05) is 5.75 Å². The molecule has 90 valence electrons. The molecule has 0 saturated carbocycles. The van der Waals surface area contributed by atoms with E-state index in [-0.39, 0.29) is 11.3 Å². The second-order valence-corrected chi connectivity index (χ2v) is 7.31. The molecule has 0 aromatic heterocycles. The maximum Gasteiger partial charge on any atom is 0.165 e. The Morgan fingerprint density at radius 2 is 2.12 bits per heavy atom. The number of rotatable bonds is 4. The Morgan fingerprint density at radius 3 is 2.62 bits per heavy atom. The molecule has 0 saturated heterocycles. The van der Waals surface area contributed by atoms with Crippen LogP contribution in [0.1, 0.15) is 18.6 Å². The van der Waals surface area contributed by atoms with Crippen LogP contribution in [0.2, 0.25) is 0 Å². The van der Waals surface area contributed by atoms with E-state index >= 15 is 0 Å². The molecule has 0 aliphatic carbocycles. The highest BCUT2D eigenvalue weighted by atomic mass is 79.9. The van der Waals surface area contributed by atoms with E-state index in [9.17, 15) is 17.9 Å². The van der Waals surface area contributed by atoms with E-state index in [1.807, 2.05) is 0 Å². The van der Waals surface area contributed by atoms with Crippen molar-refractivity contribution in [2.75, 3.05) is 5.75 Å². The minimum absolute atomic E-state index is 0.0880. The van der Waals surface area contributed by atoms with Gasteiger partial charge in [0.25, 0.3) is 0 Å². The third kappa shape index (κ3) is 3.02. The summed E-state index contributed by atoms with van der Waals surface area (Å²) in [6.07, 6.45) is -1.28. The summed E-state index contributed by atoms with van der Waals surface area (Å²) in [6.45, 7) is 1.49. The molecule has 0 aliphatic rings. The monoisotopic (exact) mass is 310 g/mol. The van der Waals surface area contributed by atoms with Crippen molar-refractivity contribution in [1.29, 1.82) is 0 Å². The van der Waals surface area contributed by atoms with Crippen LogP contribution in [0.4, 0.5) is 4.39 Å². The van der Waals surface area contributed by atoms with Gasteiger partial charge in [0.05, 0.1) is 0 Å². The summed E-state index contributed by atoms with van der Waals surface area (Å²) in [7, 11) is -3.41. The molecule has 0 aliphatic heterocycles. The van der Waals surface area contributed by atoms with E-state index in [0.717, 1.165) is 6.07 Å². The molecule has 0 bridgehead atoms. The van der Waals surface area contributed by atoms with E-state index in [2.05, 4.69) is 15.9 Å². The Hall–Kier alpha value is -0.460. The molecule has 0 fully saturated rings. The highest BCUT2D eigenvalue weighted by Crippen LogP contribution is 2.27. The lowest BCUT2D eigenvalue weighted by molar-refractivity contribution is 0.194. The normalized spacial score (nSPS) is 15.8. The van der Waals surface area contributed by atoms with Crippen molar-refractivity contribution in [2.45, 2.75) is 17.2 Å². The van der Waals surface area contributed by atoms with Crippen LogP contribution in [0.3, 0.4) is 0 Å². The van der Waals surface area contributed by atoms with Gasteiger partial charge >= 0.3 is 0 Å². The Bertz CT molecular complexity index is 461.